The Morgan fingerprint density at radius 3 is 2.35 bits per heavy atom. The number of nitrogens with zero attached hydrogens (tertiary/aromatic N) is 4. The van der Waals surface area contributed by atoms with E-state index in [1.165, 1.54) is 5.69 Å². The number of nitrogens with one attached hydrogen (secondary N) is 1. The monoisotopic (exact) mass is 365 g/mol. The van der Waals surface area contributed by atoms with Gasteiger partial charge >= 0.3 is 6.03 Å². The number of aryl methyl sites for hydroxylation is 2. The summed E-state index contributed by atoms with van der Waals surface area (Å²) < 4.78 is 2.03. The number of rotatable bonds is 11. The molecule has 1 atom stereocenters. The van der Waals surface area contributed by atoms with Gasteiger partial charge in [-0.05, 0) is 44.8 Å². The van der Waals surface area contributed by atoms with E-state index in [1.807, 2.05) is 16.5 Å². The molecule has 6 heteroatoms. The molecule has 0 radical (unpaired) electrons. The van der Waals surface area contributed by atoms with Crippen molar-refractivity contribution in [2.24, 2.45) is 11.8 Å². The zero-order valence-corrected chi connectivity index (χ0v) is 17.9. The van der Waals surface area contributed by atoms with Crippen LogP contribution in [0.25, 0.3) is 0 Å². The van der Waals surface area contributed by atoms with E-state index in [9.17, 15) is 4.79 Å². The van der Waals surface area contributed by atoms with Gasteiger partial charge in [0.15, 0.2) is 0 Å². The summed E-state index contributed by atoms with van der Waals surface area (Å²) >= 11 is 0. The predicted molar refractivity (Wildman–Crippen MR) is 108 cm³/mol. The number of carbonyl (C=O) groups excluding carboxylic acids is 1. The van der Waals surface area contributed by atoms with E-state index in [0.717, 1.165) is 45.0 Å². The average Bonchev–Trinajstić information content (AvgIpc) is 2.89. The van der Waals surface area contributed by atoms with E-state index in [4.69, 9.17) is 0 Å². The second-order valence-electron chi connectivity index (χ2n) is 7.77. The van der Waals surface area contributed by atoms with E-state index in [-0.39, 0.29) is 6.03 Å². The van der Waals surface area contributed by atoms with Crippen LogP contribution in [0, 0.1) is 25.7 Å². The van der Waals surface area contributed by atoms with Crippen molar-refractivity contribution in [1.82, 2.24) is 24.9 Å². The largest absolute Gasteiger partial charge is 0.338 e. The molecule has 1 unspecified atom stereocenters. The smallest absolute Gasteiger partial charge is 0.317 e. The summed E-state index contributed by atoms with van der Waals surface area (Å²) in [5.74, 6) is 0.796. The molecule has 1 rings (SSSR count). The number of hydrogen-bond donors (Lipinski definition) is 1. The second-order valence-corrected chi connectivity index (χ2v) is 7.77. The van der Waals surface area contributed by atoms with Crippen LogP contribution in [0.5, 0.6) is 0 Å². The minimum Gasteiger partial charge on any atom is -0.338 e. The van der Waals surface area contributed by atoms with Crippen LogP contribution >= 0.6 is 0 Å². The first kappa shape index (κ1) is 22.5. The summed E-state index contributed by atoms with van der Waals surface area (Å²) in [5, 5.41) is 7.63. The lowest BCUT2D eigenvalue weighted by Crippen LogP contribution is -2.46. The average molecular weight is 366 g/mol. The molecule has 0 saturated carbocycles. The highest BCUT2D eigenvalue weighted by atomic mass is 16.2. The number of hydrogen-bond acceptors (Lipinski definition) is 3. The third-order valence-corrected chi connectivity index (χ3v) is 4.64. The summed E-state index contributed by atoms with van der Waals surface area (Å²) in [6.07, 6.45) is 0. The Bertz CT molecular complexity index is 536. The van der Waals surface area contributed by atoms with Gasteiger partial charge in [0.2, 0.25) is 0 Å². The lowest BCUT2D eigenvalue weighted by Gasteiger charge is -2.28. The number of carbonyl (C=O) groups is 1. The zero-order valence-electron chi connectivity index (χ0n) is 17.9. The molecule has 1 N–H and O–H groups in total. The minimum absolute atomic E-state index is 0.0473. The molecule has 0 spiro atoms. The Kier molecular flexibility index (Phi) is 9.70. The molecule has 0 fully saturated rings. The fraction of sp³-hybridized carbons (Fsp3) is 0.800. The zero-order chi connectivity index (χ0) is 19.7. The van der Waals surface area contributed by atoms with Crippen molar-refractivity contribution < 1.29 is 4.79 Å². The lowest BCUT2D eigenvalue weighted by molar-refractivity contribution is 0.176. The van der Waals surface area contributed by atoms with Crippen molar-refractivity contribution in [2.75, 3.05) is 39.3 Å². The summed E-state index contributed by atoms with van der Waals surface area (Å²) in [7, 11) is 0. The van der Waals surface area contributed by atoms with E-state index in [0.29, 0.717) is 18.4 Å². The van der Waals surface area contributed by atoms with Gasteiger partial charge in [-0.2, -0.15) is 5.10 Å². The van der Waals surface area contributed by atoms with Gasteiger partial charge in [0, 0.05) is 38.4 Å². The molecular weight excluding hydrogens is 326 g/mol. The fourth-order valence-corrected chi connectivity index (χ4v) is 3.11. The van der Waals surface area contributed by atoms with Crippen molar-refractivity contribution in [3.05, 3.63) is 17.5 Å². The molecule has 0 aromatic carbocycles. The Labute approximate surface area is 159 Å². The number of aromatic nitrogens is 2. The first-order chi connectivity index (χ1) is 12.3. The highest BCUT2D eigenvalue weighted by molar-refractivity contribution is 5.74. The summed E-state index contributed by atoms with van der Waals surface area (Å²) in [5.41, 5.74) is 2.21. The molecule has 150 valence electrons. The normalized spacial score (nSPS) is 12.7. The van der Waals surface area contributed by atoms with Crippen LogP contribution in [-0.2, 0) is 6.54 Å². The Hall–Kier alpha value is -1.56. The summed E-state index contributed by atoms with van der Waals surface area (Å²) in [6, 6.07) is 2.13. The molecule has 1 heterocycles. The van der Waals surface area contributed by atoms with Crippen molar-refractivity contribution in [3.8, 4) is 0 Å². The van der Waals surface area contributed by atoms with Crippen molar-refractivity contribution in [3.63, 3.8) is 0 Å². The molecule has 2 amide bonds. The van der Waals surface area contributed by atoms with Crippen LogP contribution in [0.15, 0.2) is 6.07 Å². The highest BCUT2D eigenvalue weighted by Gasteiger charge is 2.17. The Morgan fingerprint density at radius 1 is 1.19 bits per heavy atom. The molecule has 0 aliphatic heterocycles. The first-order valence-electron chi connectivity index (χ1n) is 10.0. The third-order valence-electron chi connectivity index (χ3n) is 4.64. The van der Waals surface area contributed by atoms with Crippen LogP contribution < -0.4 is 5.32 Å². The van der Waals surface area contributed by atoms with Gasteiger partial charge in [0.05, 0.1) is 5.69 Å². The fourth-order valence-electron chi connectivity index (χ4n) is 3.11. The number of likely N-dealkylation sites (N-methyl/N-ethyl adjacent to an activating group) is 1. The maximum absolute atomic E-state index is 12.7. The van der Waals surface area contributed by atoms with Crippen molar-refractivity contribution >= 4 is 6.03 Å². The van der Waals surface area contributed by atoms with Crippen LogP contribution in [0.1, 0.15) is 46.0 Å². The van der Waals surface area contributed by atoms with E-state index >= 15 is 0 Å². The second kappa shape index (κ2) is 11.2. The molecule has 1 aromatic rings. The topological polar surface area (TPSA) is 53.4 Å². The van der Waals surface area contributed by atoms with Crippen LogP contribution in [-0.4, -0.2) is 64.9 Å². The maximum atomic E-state index is 12.7. The predicted octanol–water partition coefficient (Wildman–Crippen LogP) is 3.15. The van der Waals surface area contributed by atoms with Crippen LogP contribution in [0.4, 0.5) is 4.79 Å². The Morgan fingerprint density at radius 2 is 1.85 bits per heavy atom. The molecular formula is C20H39N5O. The highest BCUT2D eigenvalue weighted by Crippen LogP contribution is 2.06. The summed E-state index contributed by atoms with van der Waals surface area (Å²) in [4.78, 5) is 17.0. The molecule has 6 nitrogen and oxygen atoms in total. The SMILES string of the molecule is CCN(CC)CCN(CC(C)C)C(=O)NCC(C)Cn1nc(C)cc1C. The van der Waals surface area contributed by atoms with Gasteiger partial charge < -0.3 is 15.1 Å². The van der Waals surface area contributed by atoms with Gasteiger partial charge in [0.1, 0.15) is 0 Å². The van der Waals surface area contributed by atoms with Crippen molar-refractivity contribution in [1.29, 1.82) is 0 Å². The third kappa shape index (κ3) is 7.77. The molecule has 1 aromatic heterocycles. The quantitative estimate of drug-likeness (QED) is 0.655. The van der Waals surface area contributed by atoms with Gasteiger partial charge in [-0.1, -0.05) is 34.6 Å². The maximum Gasteiger partial charge on any atom is 0.317 e. The Balaban J connectivity index is 2.52. The van der Waals surface area contributed by atoms with Gasteiger partial charge in [-0.25, -0.2) is 4.79 Å². The van der Waals surface area contributed by atoms with E-state index in [2.05, 4.69) is 62.9 Å². The van der Waals surface area contributed by atoms with E-state index < -0.39 is 0 Å². The minimum atomic E-state index is 0.0473. The van der Waals surface area contributed by atoms with Gasteiger partial charge in [-0.3, -0.25) is 4.68 Å². The lowest BCUT2D eigenvalue weighted by atomic mass is 10.2. The number of urea groups is 1. The van der Waals surface area contributed by atoms with Gasteiger partial charge in [0.25, 0.3) is 0 Å². The van der Waals surface area contributed by atoms with E-state index in [1.54, 1.807) is 0 Å². The molecule has 0 aliphatic rings. The molecule has 26 heavy (non-hydrogen) atoms. The van der Waals surface area contributed by atoms with Crippen LogP contribution in [0.3, 0.4) is 0 Å². The standard InChI is InChI=1S/C20H39N5O/c1-8-23(9-2)10-11-24(14-16(3)4)20(26)21-13-17(5)15-25-19(7)12-18(6)22-25/h12,16-17H,8-11,13-15H2,1-7H3,(H,21,26). The summed E-state index contributed by atoms with van der Waals surface area (Å²) in [6.45, 7) is 20.9. The van der Waals surface area contributed by atoms with Gasteiger partial charge in [-0.15, -0.1) is 0 Å². The molecule has 0 bridgehead atoms. The number of amides is 2. The molecule has 0 aliphatic carbocycles. The van der Waals surface area contributed by atoms with Crippen LogP contribution in [0.2, 0.25) is 0 Å². The molecule has 0 saturated heterocycles. The van der Waals surface area contributed by atoms with Crippen molar-refractivity contribution in [2.45, 2.75) is 55.0 Å². The first-order valence-corrected chi connectivity index (χ1v) is 10.0.